The maximum atomic E-state index is 14.3. The van der Waals surface area contributed by atoms with Crippen molar-refractivity contribution in [1.29, 1.82) is 0 Å². The lowest BCUT2D eigenvalue weighted by Crippen LogP contribution is -2.41. The number of halogens is 5. The van der Waals surface area contributed by atoms with Crippen molar-refractivity contribution < 1.29 is 50.9 Å². The van der Waals surface area contributed by atoms with Gasteiger partial charge in [-0.2, -0.15) is 8.78 Å². The zero-order valence-corrected chi connectivity index (χ0v) is 24.1. The SMILES string of the molecule is O=C(NCC(F)C(=O)O)c1ccc(CN(C(=O)Nc2ccc3c(c2)C(F)(F)OC(F)(F)O3)c2ccc(C3=CCCCC3)cc2)cc1. The fourth-order valence-electron chi connectivity index (χ4n) is 5.02. The number of ether oxygens (including phenoxy) is 2. The quantitative estimate of drug-likeness (QED) is 0.215. The van der Waals surface area contributed by atoms with Gasteiger partial charge in [-0.3, -0.25) is 9.69 Å². The molecule has 3 aromatic rings. The molecule has 2 aliphatic rings. The summed E-state index contributed by atoms with van der Waals surface area (Å²) in [5.41, 5.74) is 2.14. The molecular weight excluding hydrogens is 617 g/mol. The molecule has 14 heteroatoms. The Kier molecular flexibility index (Phi) is 9.28. The Morgan fingerprint density at radius 3 is 2.33 bits per heavy atom. The van der Waals surface area contributed by atoms with Crippen molar-refractivity contribution in [2.24, 2.45) is 0 Å². The first-order valence-electron chi connectivity index (χ1n) is 14.2. The van der Waals surface area contributed by atoms with Gasteiger partial charge in [0.15, 0.2) is 0 Å². The summed E-state index contributed by atoms with van der Waals surface area (Å²) in [4.78, 5) is 37.9. The molecule has 46 heavy (non-hydrogen) atoms. The Morgan fingerprint density at radius 2 is 1.67 bits per heavy atom. The number of fused-ring (bicyclic) bond motifs is 1. The van der Waals surface area contributed by atoms with E-state index in [4.69, 9.17) is 5.11 Å². The zero-order chi connectivity index (χ0) is 33.1. The smallest absolute Gasteiger partial charge is 0.479 e. The number of hydrogen-bond acceptors (Lipinski definition) is 5. The van der Waals surface area contributed by atoms with Crippen molar-refractivity contribution in [3.05, 3.63) is 95.1 Å². The molecule has 1 aliphatic heterocycles. The molecule has 1 unspecified atom stereocenters. The first kappa shape index (κ1) is 32.4. The van der Waals surface area contributed by atoms with E-state index in [1.54, 1.807) is 12.1 Å². The van der Waals surface area contributed by atoms with Crippen molar-refractivity contribution in [3.8, 4) is 5.75 Å². The topological polar surface area (TPSA) is 117 Å². The maximum Gasteiger partial charge on any atom is 0.540 e. The van der Waals surface area contributed by atoms with E-state index in [-0.39, 0.29) is 17.8 Å². The van der Waals surface area contributed by atoms with Crippen LogP contribution in [0.3, 0.4) is 0 Å². The molecule has 3 aromatic carbocycles. The molecule has 0 bridgehead atoms. The number of benzene rings is 3. The molecule has 1 atom stereocenters. The van der Waals surface area contributed by atoms with Crippen LogP contribution >= 0.6 is 0 Å². The molecule has 0 saturated heterocycles. The number of carbonyl (C=O) groups is 3. The second-order valence-corrected chi connectivity index (χ2v) is 10.6. The molecule has 0 radical (unpaired) electrons. The molecule has 3 N–H and O–H groups in total. The van der Waals surface area contributed by atoms with E-state index in [0.717, 1.165) is 49.4 Å². The van der Waals surface area contributed by atoms with Gasteiger partial charge in [-0.05, 0) is 84.8 Å². The number of anilines is 2. The number of hydrogen-bond donors (Lipinski definition) is 3. The van der Waals surface area contributed by atoms with E-state index in [0.29, 0.717) is 11.3 Å². The summed E-state index contributed by atoms with van der Waals surface area (Å²) in [6.07, 6.45) is -4.95. The summed E-state index contributed by atoms with van der Waals surface area (Å²) in [7, 11) is 0. The van der Waals surface area contributed by atoms with Crippen LogP contribution in [0, 0.1) is 0 Å². The highest BCUT2D eigenvalue weighted by Crippen LogP contribution is 2.47. The molecular formula is C32H28F5N3O6. The van der Waals surface area contributed by atoms with Crippen LogP contribution in [0.5, 0.6) is 5.75 Å². The molecule has 242 valence electrons. The summed E-state index contributed by atoms with van der Waals surface area (Å²) in [6.45, 7) is -0.771. The number of carboxylic acid groups (broad SMARTS) is 1. The molecule has 0 fully saturated rings. The van der Waals surface area contributed by atoms with Crippen molar-refractivity contribution in [2.75, 3.05) is 16.8 Å². The van der Waals surface area contributed by atoms with Crippen LogP contribution in [0.25, 0.3) is 5.57 Å². The Balaban J connectivity index is 1.38. The minimum absolute atomic E-state index is 0.0547. The lowest BCUT2D eigenvalue weighted by Gasteiger charge is -2.31. The van der Waals surface area contributed by atoms with Gasteiger partial charge < -0.3 is 20.5 Å². The third kappa shape index (κ3) is 7.62. The number of allylic oxidation sites excluding steroid dienone is 2. The van der Waals surface area contributed by atoms with Crippen molar-refractivity contribution in [2.45, 2.75) is 50.8 Å². The molecule has 3 amide bonds. The van der Waals surface area contributed by atoms with Crippen molar-refractivity contribution in [3.63, 3.8) is 0 Å². The fraction of sp³-hybridized carbons (Fsp3) is 0.281. The van der Waals surface area contributed by atoms with E-state index < -0.39 is 54.3 Å². The molecule has 0 aromatic heterocycles. The summed E-state index contributed by atoms with van der Waals surface area (Å²) in [5.74, 6) is -3.21. The number of nitrogens with one attached hydrogen (secondary N) is 2. The first-order valence-corrected chi connectivity index (χ1v) is 14.2. The van der Waals surface area contributed by atoms with Gasteiger partial charge in [-0.25, -0.2) is 18.7 Å². The summed E-state index contributed by atoms with van der Waals surface area (Å²) < 4.78 is 76.6. The van der Waals surface area contributed by atoms with E-state index in [1.807, 2.05) is 12.1 Å². The highest BCUT2D eigenvalue weighted by atomic mass is 19.3. The van der Waals surface area contributed by atoms with Gasteiger partial charge in [0.2, 0.25) is 6.17 Å². The molecule has 9 nitrogen and oxygen atoms in total. The van der Waals surface area contributed by atoms with Crippen LogP contribution in [0.1, 0.15) is 52.7 Å². The van der Waals surface area contributed by atoms with Gasteiger partial charge >= 0.3 is 24.4 Å². The van der Waals surface area contributed by atoms with E-state index in [2.05, 4.69) is 26.2 Å². The Hall–Kier alpha value is -4.98. The molecule has 0 spiro atoms. The predicted octanol–water partition coefficient (Wildman–Crippen LogP) is 7.04. The lowest BCUT2D eigenvalue weighted by molar-refractivity contribution is -0.461. The number of carboxylic acids is 1. The minimum Gasteiger partial charge on any atom is -0.479 e. The van der Waals surface area contributed by atoms with E-state index in [9.17, 15) is 36.3 Å². The zero-order valence-electron chi connectivity index (χ0n) is 24.1. The second kappa shape index (κ2) is 13.2. The lowest BCUT2D eigenvalue weighted by atomic mass is 9.93. The number of nitrogens with zero attached hydrogens (tertiary/aromatic N) is 1. The molecule has 1 heterocycles. The van der Waals surface area contributed by atoms with E-state index in [1.165, 1.54) is 34.7 Å². The minimum atomic E-state index is -4.54. The van der Waals surface area contributed by atoms with Crippen LogP contribution < -0.4 is 20.3 Å². The highest BCUT2D eigenvalue weighted by Gasteiger charge is 2.54. The van der Waals surface area contributed by atoms with Gasteiger partial charge in [-0.1, -0.05) is 30.3 Å². The van der Waals surface area contributed by atoms with Crippen LogP contribution in [0.4, 0.5) is 38.1 Å². The summed E-state index contributed by atoms with van der Waals surface area (Å²) in [6, 6.07) is 15.1. The molecule has 5 rings (SSSR count). The van der Waals surface area contributed by atoms with Gasteiger partial charge in [0, 0.05) is 16.9 Å². The van der Waals surface area contributed by atoms with Crippen molar-refractivity contribution in [1.82, 2.24) is 5.32 Å². The fourth-order valence-corrected chi connectivity index (χ4v) is 5.02. The third-order valence-corrected chi connectivity index (χ3v) is 7.37. The standard InChI is InChI=1S/C32H28F5N3O6/c33-26(29(42)43)17-38-28(41)22-8-6-19(7-9-22)18-40(24-13-10-21(11-14-24)20-4-2-1-3-5-20)30(44)39-23-12-15-27-25(16-23)31(34,35)46-32(36,37)45-27/h4,6-16,26H,1-3,5,17-18H2,(H,38,41)(H,39,44)(H,42,43). The number of alkyl halides is 5. The van der Waals surface area contributed by atoms with Gasteiger partial charge in [-0.15, -0.1) is 8.78 Å². The molecule has 0 saturated carbocycles. The van der Waals surface area contributed by atoms with Crippen LogP contribution in [0.2, 0.25) is 0 Å². The predicted molar refractivity (Wildman–Crippen MR) is 156 cm³/mol. The van der Waals surface area contributed by atoms with Crippen LogP contribution in [-0.2, 0) is 22.2 Å². The van der Waals surface area contributed by atoms with Gasteiger partial charge in [0.1, 0.15) is 5.75 Å². The number of urea groups is 1. The highest BCUT2D eigenvalue weighted by molar-refractivity contribution is 6.02. The monoisotopic (exact) mass is 645 g/mol. The van der Waals surface area contributed by atoms with Gasteiger partial charge in [0.25, 0.3) is 5.91 Å². The Morgan fingerprint density at radius 1 is 0.957 bits per heavy atom. The average Bonchev–Trinajstić information content (AvgIpc) is 3.02. The first-order chi connectivity index (χ1) is 21.8. The third-order valence-electron chi connectivity index (χ3n) is 7.37. The molecule has 1 aliphatic carbocycles. The van der Waals surface area contributed by atoms with Gasteiger partial charge in [0.05, 0.1) is 18.7 Å². The largest absolute Gasteiger partial charge is 0.540 e. The maximum absolute atomic E-state index is 14.3. The normalized spacial score (nSPS) is 17.0. The summed E-state index contributed by atoms with van der Waals surface area (Å²) >= 11 is 0. The van der Waals surface area contributed by atoms with Crippen molar-refractivity contribution >= 4 is 34.9 Å². The number of aliphatic carboxylic acids is 1. The van der Waals surface area contributed by atoms with E-state index >= 15 is 0 Å². The second-order valence-electron chi connectivity index (χ2n) is 10.6. The Labute approximate surface area is 259 Å². The Bertz CT molecular complexity index is 1650. The summed E-state index contributed by atoms with van der Waals surface area (Å²) in [5, 5.41) is 13.4. The number of rotatable bonds is 9. The van der Waals surface area contributed by atoms with Crippen LogP contribution in [0.15, 0.2) is 72.8 Å². The average molecular weight is 646 g/mol. The number of amides is 3. The number of carbonyl (C=O) groups excluding carboxylic acids is 2. The van der Waals surface area contributed by atoms with Crippen LogP contribution in [-0.4, -0.2) is 42.0 Å².